The molecule has 0 radical (unpaired) electrons. The molecule has 25 heavy (non-hydrogen) atoms. The smallest absolute Gasteiger partial charge is 0.306 e. The summed E-state index contributed by atoms with van der Waals surface area (Å²) in [6.07, 6.45) is 2.59. The van der Waals surface area contributed by atoms with Crippen molar-refractivity contribution in [2.45, 2.75) is 32.6 Å². The van der Waals surface area contributed by atoms with Crippen LogP contribution >= 0.6 is 0 Å². The number of carbonyl (C=O) groups excluding carboxylic acids is 2. The molecule has 2 heterocycles. The Balaban J connectivity index is 1.97. The normalized spacial score (nSPS) is 15.5. The second kappa shape index (κ2) is 7.67. The third kappa shape index (κ3) is 4.37. The van der Waals surface area contributed by atoms with Crippen molar-refractivity contribution in [3.05, 3.63) is 17.5 Å². The molecule has 1 aliphatic rings. The van der Waals surface area contributed by atoms with Gasteiger partial charge in [-0.2, -0.15) is 5.10 Å². The molecule has 0 atom stereocenters. The zero-order valence-corrected chi connectivity index (χ0v) is 15.2. The fourth-order valence-corrected chi connectivity index (χ4v) is 3.05. The Morgan fingerprint density at radius 1 is 1.32 bits per heavy atom. The molecule has 0 spiro atoms. The summed E-state index contributed by atoms with van der Waals surface area (Å²) < 4.78 is 1.61. The van der Waals surface area contributed by atoms with Gasteiger partial charge >= 0.3 is 5.97 Å². The monoisotopic (exact) mass is 350 g/mol. The van der Waals surface area contributed by atoms with Crippen molar-refractivity contribution >= 4 is 17.8 Å². The predicted molar refractivity (Wildman–Crippen MR) is 91.2 cm³/mol. The summed E-state index contributed by atoms with van der Waals surface area (Å²) in [5.74, 6) is -1.47. The van der Waals surface area contributed by atoms with Gasteiger partial charge in [-0.1, -0.05) is 13.8 Å². The summed E-state index contributed by atoms with van der Waals surface area (Å²) in [7, 11) is 3.36. The van der Waals surface area contributed by atoms with Crippen molar-refractivity contribution < 1.29 is 19.5 Å². The van der Waals surface area contributed by atoms with Gasteiger partial charge in [-0.3, -0.25) is 19.1 Å². The summed E-state index contributed by atoms with van der Waals surface area (Å²) in [5, 5.41) is 13.3. The summed E-state index contributed by atoms with van der Waals surface area (Å²) >= 11 is 0. The summed E-state index contributed by atoms with van der Waals surface area (Å²) in [5.41, 5.74) is 1.23. The van der Waals surface area contributed by atoms with Crippen molar-refractivity contribution in [3.63, 3.8) is 0 Å². The molecule has 0 aromatic carbocycles. The standard InChI is InChI=1S/C17H26N4O4/c1-11(2)15-13(9-20(4)18-15)16(23)19(3)10-14(22)21-7-5-12(6-8-21)17(24)25/h9,11-12H,5-8,10H2,1-4H3,(H,24,25). The van der Waals surface area contributed by atoms with Crippen molar-refractivity contribution in [3.8, 4) is 0 Å². The number of carbonyl (C=O) groups is 3. The molecule has 1 aromatic heterocycles. The number of hydrogen-bond donors (Lipinski definition) is 1. The number of aliphatic carboxylic acids is 1. The number of piperidine rings is 1. The topological polar surface area (TPSA) is 95.7 Å². The lowest BCUT2D eigenvalue weighted by atomic mass is 9.97. The van der Waals surface area contributed by atoms with Crippen LogP contribution in [0.3, 0.4) is 0 Å². The Morgan fingerprint density at radius 2 is 1.92 bits per heavy atom. The highest BCUT2D eigenvalue weighted by atomic mass is 16.4. The van der Waals surface area contributed by atoms with Crippen LogP contribution in [0.1, 0.15) is 48.7 Å². The lowest BCUT2D eigenvalue weighted by molar-refractivity contribution is -0.145. The number of aromatic nitrogens is 2. The van der Waals surface area contributed by atoms with Crippen molar-refractivity contribution in [2.75, 3.05) is 26.7 Å². The molecule has 1 N–H and O–H groups in total. The Kier molecular flexibility index (Phi) is 5.81. The Morgan fingerprint density at radius 3 is 2.44 bits per heavy atom. The summed E-state index contributed by atoms with van der Waals surface area (Å²) in [4.78, 5) is 39.1. The molecule has 2 rings (SSSR count). The van der Waals surface area contributed by atoms with Crippen molar-refractivity contribution in [1.29, 1.82) is 0 Å². The van der Waals surface area contributed by atoms with E-state index in [4.69, 9.17) is 5.11 Å². The first-order chi connectivity index (χ1) is 11.7. The molecular formula is C17H26N4O4. The van der Waals surface area contributed by atoms with Gasteiger partial charge in [-0.05, 0) is 18.8 Å². The molecule has 1 aliphatic heterocycles. The molecule has 1 saturated heterocycles. The van der Waals surface area contributed by atoms with E-state index in [-0.39, 0.29) is 30.2 Å². The van der Waals surface area contributed by atoms with Crippen LogP contribution in [0.15, 0.2) is 6.20 Å². The van der Waals surface area contributed by atoms with Gasteiger partial charge in [-0.25, -0.2) is 0 Å². The average Bonchev–Trinajstić information content (AvgIpc) is 2.96. The van der Waals surface area contributed by atoms with E-state index in [0.29, 0.717) is 37.2 Å². The van der Waals surface area contributed by atoms with Crippen molar-refractivity contribution in [2.24, 2.45) is 13.0 Å². The minimum absolute atomic E-state index is 0.0248. The predicted octanol–water partition coefficient (Wildman–Crippen LogP) is 0.939. The molecule has 0 bridgehead atoms. The second-order valence-corrected chi connectivity index (χ2v) is 6.91. The molecule has 8 nitrogen and oxygen atoms in total. The highest BCUT2D eigenvalue weighted by Gasteiger charge is 2.29. The molecule has 1 fully saturated rings. The van der Waals surface area contributed by atoms with Crippen LogP contribution in [0.2, 0.25) is 0 Å². The first-order valence-electron chi connectivity index (χ1n) is 8.50. The van der Waals surface area contributed by atoms with E-state index in [0.717, 1.165) is 0 Å². The van der Waals surface area contributed by atoms with Gasteiger partial charge in [0, 0.05) is 33.4 Å². The van der Waals surface area contributed by atoms with E-state index in [1.165, 1.54) is 4.90 Å². The van der Waals surface area contributed by atoms with Gasteiger partial charge < -0.3 is 14.9 Å². The largest absolute Gasteiger partial charge is 0.481 e. The number of likely N-dealkylation sites (tertiary alicyclic amines) is 1. The van der Waals surface area contributed by atoms with Crippen LogP contribution in [-0.4, -0.2) is 69.2 Å². The first-order valence-corrected chi connectivity index (χ1v) is 8.50. The van der Waals surface area contributed by atoms with E-state index in [9.17, 15) is 14.4 Å². The number of aryl methyl sites for hydroxylation is 1. The highest BCUT2D eigenvalue weighted by Crippen LogP contribution is 2.20. The van der Waals surface area contributed by atoms with Gasteiger partial charge in [0.05, 0.1) is 23.7 Å². The maximum Gasteiger partial charge on any atom is 0.306 e. The van der Waals surface area contributed by atoms with Crippen molar-refractivity contribution in [1.82, 2.24) is 19.6 Å². The number of likely N-dealkylation sites (N-methyl/N-ethyl adjacent to an activating group) is 1. The van der Waals surface area contributed by atoms with Gasteiger partial charge in [0.25, 0.3) is 5.91 Å². The van der Waals surface area contributed by atoms with Crippen LogP contribution in [0, 0.1) is 5.92 Å². The lowest BCUT2D eigenvalue weighted by Gasteiger charge is -2.31. The molecule has 0 aliphatic carbocycles. The number of amides is 2. The minimum Gasteiger partial charge on any atom is -0.481 e. The van der Waals surface area contributed by atoms with Crippen LogP contribution in [-0.2, 0) is 16.6 Å². The molecule has 1 aromatic rings. The van der Waals surface area contributed by atoms with Gasteiger partial charge in [0.15, 0.2) is 0 Å². The van der Waals surface area contributed by atoms with Gasteiger partial charge in [0.1, 0.15) is 0 Å². The zero-order valence-electron chi connectivity index (χ0n) is 15.2. The number of nitrogens with zero attached hydrogens (tertiary/aromatic N) is 4. The fraction of sp³-hybridized carbons (Fsp3) is 0.647. The summed E-state index contributed by atoms with van der Waals surface area (Å²) in [6, 6.07) is 0. The molecule has 138 valence electrons. The van der Waals surface area contributed by atoms with Gasteiger partial charge in [0.2, 0.25) is 5.91 Å². The average molecular weight is 350 g/mol. The maximum absolute atomic E-state index is 12.7. The highest BCUT2D eigenvalue weighted by molar-refractivity contribution is 5.97. The second-order valence-electron chi connectivity index (χ2n) is 6.91. The van der Waals surface area contributed by atoms with E-state index in [2.05, 4.69) is 5.10 Å². The van der Waals surface area contributed by atoms with Gasteiger partial charge in [-0.15, -0.1) is 0 Å². The Bertz CT molecular complexity index is 660. The Labute approximate surface area is 147 Å². The molecule has 0 unspecified atom stereocenters. The first kappa shape index (κ1) is 19.0. The molecule has 2 amide bonds. The lowest BCUT2D eigenvalue weighted by Crippen LogP contribution is -2.45. The fourth-order valence-electron chi connectivity index (χ4n) is 3.05. The van der Waals surface area contributed by atoms with E-state index in [1.54, 1.807) is 29.9 Å². The molecule has 0 saturated carbocycles. The quantitative estimate of drug-likeness (QED) is 0.852. The van der Waals surface area contributed by atoms with Crippen LogP contribution in [0.5, 0.6) is 0 Å². The third-order valence-electron chi connectivity index (χ3n) is 4.55. The number of hydrogen-bond acceptors (Lipinski definition) is 4. The molecule has 8 heteroatoms. The zero-order chi connectivity index (χ0) is 18.7. The number of carboxylic acids is 1. The van der Waals surface area contributed by atoms with Crippen LogP contribution in [0.4, 0.5) is 0 Å². The third-order valence-corrected chi connectivity index (χ3v) is 4.55. The van der Waals surface area contributed by atoms with E-state index >= 15 is 0 Å². The molecular weight excluding hydrogens is 324 g/mol. The van der Waals surface area contributed by atoms with Crippen LogP contribution < -0.4 is 0 Å². The minimum atomic E-state index is -0.808. The SMILES string of the molecule is CC(C)c1nn(C)cc1C(=O)N(C)CC(=O)N1CCC(C(=O)O)CC1. The summed E-state index contributed by atoms with van der Waals surface area (Å²) in [6.45, 7) is 4.75. The van der Waals surface area contributed by atoms with E-state index in [1.807, 2.05) is 13.8 Å². The Hall–Kier alpha value is -2.38. The van der Waals surface area contributed by atoms with E-state index < -0.39 is 5.97 Å². The number of rotatable bonds is 5. The maximum atomic E-state index is 12.7. The number of carboxylic acid groups (broad SMARTS) is 1. The van der Waals surface area contributed by atoms with Crippen LogP contribution in [0.25, 0.3) is 0 Å².